The summed E-state index contributed by atoms with van der Waals surface area (Å²) in [7, 11) is 0. The summed E-state index contributed by atoms with van der Waals surface area (Å²) in [5.74, 6) is -0.277. The predicted molar refractivity (Wildman–Crippen MR) is 75.8 cm³/mol. The Kier molecular flexibility index (Phi) is 5.83. The van der Waals surface area contributed by atoms with Gasteiger partial charge in [-0.3, -0.25) is 9.59 Å². The second-order valence-corrected chi connectivity index (χ2v) is 4.78. The fraction of sp³-hybridized carbons (Fsp3) is 0.429. The number of amides is 2. The first-order valence-corrected chi connectivity index (χ1v) is 6.62. The molecule has 0 aromatic heterocycles. The van der Waals surface area contributed by atoms with Crippen LogP contribution in [-0.2, 0) is 16.1 Å². The lowest BCUT2D eigenvalue weighted by Gasteiger charge is -2.27. The van der Waals surface area contributed by atoms with Crippen LogP contribution in [0.2, 0.25) is 5.02 Å². The summed E-state index contributed by atoms with van der Waals surface area (Å²) in [6, 6.07) is 6.75. The van der Waals surface area contributed by atoms with Gasteiger partial charge in [0, 0.05) is 25.0 Å². The van der Waals surface area contributed by atoms with Gasteiger partial charge in [0.15, 0.2) is 0 Å². The van der Waals surface area contributed by atoms with E-state index in [2.05, 4.69) is 5.32 Å². The van der Waals surface area contributed by atoms with Crippen molar-refractivity contribution in [3.05, 3.63) is 34.9 Å². The Morgan fingerprint density at radius 1 is 1.32 bits per heavy atom. The van der Waals surface area contributed by atoms with Gasteiger partial charge in [-0.25, -0.2) is 0 Å². The van der Waals surface area contributed by atoms with E-state index in [-0.39, 0.29) is 11.8 Å². The number of likely N-dealkylation sites (N-methyl/N-ethyl adjacent to an activating group) is 1. The molecule has 2 amide bonds. The van der Waals surface area contributed by atoms with Crippen molar-refractivity contribution >= 4 is 23.4 Å². The van der Waals surface area contributed by atoms with E-state index in [1.165, 1.54) is 11.8 Å². The van der Waals surface area contributed by atoms with Crippen LogP contribution in [0.5, 0.6) is 0 Å². The molecule has 1 unspecified atom stereocenters. The normalized spacial score (nSPS) is 11.8. The third-order valence-corrected chi connectivity index (χ3v) is 3.12. The number of nitrogens with one attached hydrogen (secondary N) is 1. The van der Waals surface area contributed by atoms with E-state index in [1.54, 1.807) is 19.1 Å². The first-order chi connectivity index (χ1) is 8.95. The van der Waals surface area contributed by atoms with Gasteiger partial charge in [-0.2, -0.15) is 0 Å². The molecule has 1 aromatic carbocycles. The molecule has 5 heteroatoms. The molecule has 0 radical (unpaired) electrons. The van der Waals surface area contributed by atoms with Crippen LogP contribution in [0.1, 0.15) is 26.3 Å². The average molecular weight is 283 g/mol. The fourth-order valence-electron chi connectivity index (χ4n) is 1.77. The van der Waals surface area contributed by atoms with Crippen LogP contribution in [0.3, 0.4) is 0 Å². The van der Waals surface area contributed by atoms with Gasteiger partial charge in [-0.1, -0.05) is 23.7 Å². The molecular weight excluding hydrogens is 264 g/mol. The van der Waals surface area contributed by atoms with Crippen molar-refractivity contribution in [2.75, 3.05) is 6.54 Å². The van der Waals surface area contributed by atoms with E-state index in [9.17, 15) is 9.59 Å². The molecule has 0 saturated heterocycles. The van der Waals surface area contributed by atoms with Crippen LogP contribution >= 0.6 is 11.6 Å². The number of rotatable bonds is 5. The van der Waals surface area contributed by atoms with Crippen molar-refractivity contribution in [3.8, 4) is 0 Å². The summed E-state index contributed by atoms with van der Waals surface area (Å²) in [4.78, 5) is 25.0. The smallest absolute Gasteiger partial charge is 0.242 e. The highest BCUT2D eigenvalue weighted by atomic mass is 35.5. The van der Waals surface area contributed by atoms with Gasteiger partial charge >= 0.3 is 0 Å². The van der Waals surface area contributed by atoms with Crippen LogP contribution in [-0.4, -0.2) is 29.3 Å². The van der Waals surface area contributed by atoms with E-state index >= 15 is 0 Å². The molecule has 0 aliphatic carbocycles. The Morgan fingerprint density at radius 3 is 2.37 bits per heavy atom. The fourth-order valence-corrected chi connectivity index (χ4v) is 1.90. The third kappa shape index (κ3) is 4.56. The molecule has 0 spiro atoms. The minimum atomic E-state index is -0.492. The number of hydrogen-bond donors (Lipinski definition) is 1. The van der Waals surface area contributed by atoms with E-state index in [4.69, 9.17) is 11.6 Å². The van der Waals surface area contributed by atoms with Crippen LogP contribution in [0, 0.1) is 0 Å². The molecule has 1 aromatic rings. The maximum atomic E-state index is 11.8. The van der Waals surface area contributed by atoms with Crippen molar-refractivity contribution in [2.24, 2.45) is 0 Å². The zero-order valence-corrected chi connectivity index (χ0v) is 12.2. The SMILES string of the molecule is CCNC(=O)C(C)N(Cc1ccc(Cl)cc1)C(C)=O. The lowest BCUT2D eigenvalue weighted by molar-refractivity contribution is -0.138. The summed E-state index contributed by atoms with van der Waals surface area (Å²) in [5.41, 5.74) is 0.941. The number of carbonyl (C=O) groups excluding carboxylic acids is 2. The second-order valence-electron chi connectivity index (χ2n) is 4.34. The molecule has 0 saturated carbocycles. The third-order valence-electron chi connectivity index (χ3n) is 2.87. The molecule has 19 heavy (non-hydrogen) atoms. The molecular formula is C14H19ClN2O2. The molecule has 104 valence electrons. The van der Waals surface area contributed by atoms with Crippen molar-refractivity contribution in [1.82, 2.24) is 10.2 Å². The van der Waals surface area contributed by atoms with Gasteiger partial charge < -0.3 is 10.2 Å². The zero-order chi connectivity index (χ0) is 14.4. The Labute approximate surface area is 118 Å². The summed E-state index contributed by atoms with van der Waals surface area (Å²) in [6.07, 6.45) is 0. The topological polar surface area (TPSA) is 49.4 Å². The molecule has 0 aliphatic rings. The summed E-state index contributed by atoms with van der Waals surface area (Å²) in [5, 5.41) is 3.37. The van der Waals surface area contributed by atoms with E-state index in [1.807, 2.05) is 19.1 Å². The lowest BCUT2D eigenvalue weighted by Crippen LogP contribution is -2.46. The zero-order valence-electron chi connectivity index (χ0n) is 11.4. The van der Waals surface area contributed by atoms with Crippen molar-refractivity contribution < 1.29 is 9.59 Å². The van der Waals surface area contributed by atoms with Crippen molar-refractivity contribution in [3.63, 3.8) is 0 Å². The Morgan fingerprint density at radius 2 is 1.89 bits per heavy atom. The quantitative estimate of drug-likeness (QED) is 0.900. The highest BCUT2D eigenvalue weighted by Crippen LogP contribution is 2.13. The molecule has 4 nitrogen and oxygen atoms in total. The number of carbonyl (C=O) groups is 2. The number of halogens is 1. The standard InChI is InChI=1S/C14H19ClN2O2/c1-4-16-14(19)10(2)17(11(3)18)9-12-5-7-13(15)8-6-12/h5-8,10H,4,9H2,1-3H3,(H,16,19). The number of nitrogens with zero attached hydrogens (tertiary/aromatic N) is 1. The Balaban J connectivity index is 2.80. The molecule has 1 rings (SSSR count). The van der Waals surface area contributed by atoms with Gasteiger partial charge in [-0.05, 0) is 31.5 Å². The van der Waals surface area contributed by atoms with E-state index in [0.29, 0.717) is 18.1 Å². The van der Waals surface area contributed by atoms with Crippen molar-refractivity contribution in [1.29, 1.82) is 0 Å². The van der Waals surface area contributed by atoms with Gasteiger partial charge in [0.2, 0.25) is 11.8 Å². The Hall–Kier alpha value is -1.55. The molecule has 1 atom stereocenters. The van der Waals surface area contributed by atoms with Crippen LogP contribution < -0.4 is 5.32 Å². The first kappa shape index (κ1) is 15.5. The van der Waals surface area contributed by atoms with Crippen LogP contribution in [0.25, 0.3) is 0 Å². The summed E-state index contributed by atoms with van der Waals surface area (Å²) >= 11 is 5.82. The maximum absolute atomic E-state index is 11.8. The first-order valence-electron chi connectivity index (χ1n) is 6.25. The maximum Gasteiger partial charge on any atom is 0.242 e. The number of hydrogen-bond acceptors (Lipinski definition) is 2. The van der Waals surface area contributed by atoms with Gasteiger partial charge in [0.25, 0.3) is 0 Å². The molecule has 0 aliphatic heterocycles. The predicted octanol–water partition coefficient (Wildman–Crippen LogP) is 2.21. The van der Waals surface area contributed by atoms with Crippen LogP contribution in [0.15, 0.2) is 24.3 Å². The van der Waals surface area contributed by atoms with Gasteiger partial charge in [0.05, 0.1) is 0 Å². The minimum Gasteiger partial charge on any atom is -0.355 e. The molecule has 1 N–H and O–H groups in total. The monoisotopic (exact) mass is 282 g/mol. The van der Waals surface area contributed by atoms with E-state index < -0.39 is 6.04 Å². The second kappa shape index (κ2) is 7.14. The average Bonchev–Trinajstić information content (AvgIpc) is 2.37. The largest absolute Gasteiger partial charge is 0.355 e. The Bertz CT molecular complexity index is 445. The van der Waals surface area contributed by atoms with Gasteiger partial charge in [0.1, 0.15) is 6.04 Å². The lowest BCUT2D eigenvalue weighted by atomic mass is 10.1. The number of benzene rings is 1. The molecule has 0 heterocycles. The van der Waals surface area contributed by atoms with Crippen molar-refractivity contribution in [2.45, 2.75) is 33.4 Å². The van der Waals surface area contributed by atoms with Gasteiger partial charge in [-0.15, -0.1) is 0 Å². The minimum absolute atomic E-state index is 0.131. The van der Waals surface area contributed by atoms with Crippen LogP contribution in [0.4, 0.5) is 0 Å². The van der Waals surface area contributed by atoms with E-state index in [0.717, 1.165) is 5.56 Å². The molecule has 0 bridgehead atoms. The molecule has 0 fully saturated rings. The highest BCUT2D eigenvalue weighted by molar-refractivity contribution is 6.30. The summed E-state index contributed by atoms with van der Waals surface area (Å²) in [6.45, 7) is 5.98. The summed E-state index contributed by atoms with van der Waals surface area (Å²) < 4.78 is 0. The highest BCUT2D eigenvalue weighted by Gasteiger charge is 2.23.